The van der Waals surface area contributed by atoms with Crippen molar-refractivity contribution in [2.75, 3.05) is 5.32 Å². The number of fused-ring (bicyclic) bond motifs is 1. The highest BCUT2D eigenvalue weighted by Crippen LogP contribution is 2.28. The third-order valence-electron chi connectivity index (χ3n) is 5.40. The Kier molecular flexibility index (Phi) is 5.54. The second-order valence-corrected chi connectivity index (χ2v) is 8.49. The molecule has 0 aliphatic rings. The van der Waals surface area contributed by atoms with Crippen molar-refractivity contribution < 1.29 is 4.79 Å². The van der Waals surface area contributed by atoms with Gasteiger partial charge in [0.05, 0.1) is 23.2 Å². The van der Waals surface area contributed by atoms with Crippen molar-refractivity contribution in [3.05, 3.63) is 100 Å². The molecular formula is C26H20N4O2S. The number of hydrogen-bond acceptors (Lipinski definition) is 5. The highest BCUT2D eigenvalue weighted by Gasteiger charge is 2.14. The number of carbonyl (C=O) groups is 1. The Morgan fingerprint density at radius 3 is 2.27 bits per heavy atom. The summed E-state index contributed by atoms with van der Waals surface area (Å²) in [5, 5.41) is 10.8. The van der Waals surface area contributed by atoms with Gasteiger partial charge in [0.15, 0.2) is 5.13 Å². The Hall–Kier alpha value is -4.10. The fourth-order valence-electron chi connectivity index (χ4n) is 3.75. The van der Waals surface area contributed by atoms with Crippen LogP contribution in [-0.4, -0.2) is 20.7 Å². The van der Waals surface area contributed by atoms with Crippen LogP contribution in [0.3, 0.4) is 0 Å². The van der Waals surface area contributed by atoms with Crippen LogP contribution in [0.4, 0.5) is 5.13 Å². The summed E-state index contributed by atoms with van der Waals surface area (Å²) in [6.07, 6.45) is 0.0509. The topological polar surface area (TPSA) is 76.9 Å². The van der Waals surface area contributed by atoms with Gasteiger partial charge in [0.2, 0.25) is 5.91 Å². The number of nitrogens with zero attached hydrogens (tertiary/aromatic N) is 3. The summed E-state index contributed by atoms with van der Waals surface area (Å²) >= 11 is 1.37. The van der Waals surface area contributed by atoms with Crippen LogP contribution < -0.4 is 10.9 Å². The molecule has 2 aromatic heterocycles. The first-order valence-corrected chi connectivity index (χ1v) is 11.3. The van der Waals surface area contributed by atoms with Gasteiger partial charge in [-0.25, -0.2) is 9.67 Å². The monoisotopic (exact) mass is 452 g/mol. The second-order valence-electron chi connectivity index (χ2n) is 7.63. The van der Waals surface area contributed by atoms with E-state index in [1.165, 1.54) is 16.0 Å². The Bertz CT molecular complexity index is 1510. The predicted molar refractivity (Wildman–Crippen MR) is 132 cm³/mol. The molecule has 2 heterocycles. The number of nitrogens with one attached hydrogen (secondary N) is 1. The molecule has 0 spiro atoms. The smallest absolute Gasteiger partial charge is 0.274 e. The highest BCUT2D eigenvalue weighted by molar-refractivity contribution is 7.14. The van der Waals surface area contributed by atoms with Crippen LogP contribution in [0, 0.1) is 0 Å². The summed E-state index contributed by atoms with van der Waals surface area (Å²) in [4.78, 5) is 29.6. The first-order valence-electron chi connectivity index (χ1n) is 10.4. The number of aryl methyl sites for hydroxylation is 1. The molecular weight excluding hydrogens is 432 g/mol. The van der Waals surface area contributed by atoms with Gasteiger partial charge in [0, 0.05) is 23.4 Å². The maximum atomic E-state index is 12.7. The molecule has 0 unspecified atom stereocenters. The SMILES string of the molecule is Cn1nc(CC(=O)Nc2nc(-c3ccc(-c4ccccc4)cc3)cs2)c2ccccc2c1=O. The maximum absolute atomic E-state index is 12.7. The molecule has 3 aromatic carbocycles. The average molecular weight is 453 g/mol. The number of aromatic nitrogens is 3. The molecule has 7 heteroatoms. The van der Waals surface area contributed by atoms with Gasteiger partial charge < -0.3 is 5.32 Å². The molecule has 0 aliphatic carbocycles. The Balaban J connectivity index is 1.32. The quantitative estimate of drug-likeness (QED) is 0.411. The summed E-state index contributed by atoms with van der Waals surface area (Å²) in [5.74, 6) is -0.230. The van der Waals surface area contributed by atoms with Crippen molar-refractivity contribution >= 4 is 33.1 Å². The van der Waals surface area contributed by atoms with E-state index in [4.69, 9.17) is 0 Å². The molecule has 5 aromatic rings. The summed E-state index contributed by atoms with van der Waals surface area (Å²) in [5.41, 5.74) is 4.46. The molecule has 1 amide bonds. The summed E-state index contributed by atoms with van der Waals surface area (Å²) in [6.45, 7) is 0. The minimum absolute atomic E-state index is 0.0509. The first kappa shape index (κ1) is 20.8. The fourth-order valence-corrected chi connectivity index (χ4v) is 4.49. The Morgan fingerprint density at radius 2 is 1.52 bits per heavy atom. The van der Waals surface area contributed by atoms with Gasteiger partial charge in [-0.05, 0) is 17.2 Å². The molecule has 6 nitrogen and oxygen atoms in total. The van der Waals surface area contributed by atoms with E-state index in [1.807, 2.05) is 47.8 Å². The molecule has 0 bridgehead atoms. The van der Waals surface area contributed by atoms with Crippen LogP contribution in [0.25, 0.3) is 33.2 Å². The van der Waals surface area contributed by atoms with Crippen molar-refractivity contribution in [3.63, 3.8) is 0 Å². The molecule has 0 radical (unpaired) electrons. The number of carbonyl (C=O) groups excluding carboxylic acids is 1. The van der Waals surface area contributed by atoms with Crippen LogP contribution >= 0.6 is 11.3 Å². The highest BCUT2D eigenvalue weighted by atomic mass is 32.1. The van der Waals surface area contributed by atoms with Crippen molar-refractivity contribution in [3.8, 4) is 22.4 Å². The van der Waals surface area contributed by atoms with Gasteiger partial charge in [0.1, 0.15) is 0 Å². The van der Waals surface area contributed by atoms with Crippen molar-refractivity contribution in [2.24, 2.45) is 7.05 Å². The van der Waals surface area contributed by atoms with Crippen LogP contribution in [0.1, 0.15) is 5.69 Å². The normalized spacial score (nSPS) is 10.9. The number of amides is 1. The average Bonchev–Trinajstić information content (AvgIpc) is 3.31. The Morgan fingerprint density at radius 1 is 0.879 bits per heavy atom. The van der Waals surface area contributed by atoms with Gasteiger partial charge >= 0.3 is 0 Å². The van der Waals surface area contributed by atoms with Crippen molar-refractivity contribution in [2.45, 2.75) is 6.42 Å². The van der Waals surface area contributed by atoms with Gasteiger partial charge in [-0.15, -0.1) is 11.3 Å². The fraction of sp³-hybridized carbons (Fsp3) is 0.0769. The number of rotatable bonds is 5. The summed E-state index contributed by atoms with van der Waals surface area (Å²) in [6, 6.07) is 25.6. The van der Waals surface area contributed by atoms with Crippen LogP contribution in [-0.2, 0) is 18.3 Å². The van der Waals surface area contributed by atoms with E-state index < -0.39 is 0 Å². The zero-order valence-electron chi connectivity index (χ0n) is 17.9. The van der Waals surface area contributed by atoms with E-state index in [0.717, 1.165) is 22.4 Å². The minimum atomic E-state index is -0.230. The van der Waals surface area contributed by atoms with Crippen molar-refractivity contribution in [1.82, 2.24) is 14.8 Å². The molecule has 1 N–H and O–H groups in total. The molecule has 0 saturated carbocycles. The molecule has 0 aliphatic heterocycles. The van der Waals surface area contributed by atoms with Gasteiger partial charge in [0.25, 0.3) is 5.56 Å². The van der Waals surface area contributed by atoms with Crippen LogP contribution in [0.2, 0.25) is 0 Å². The molecule has 5 rings (SSSR count). The van der Waals surface area contributed by atoms with Gasteiger partial charge in [-0.3, -0.25) is 9.59 Å². The van der Waals surface area contributed by atoms with E-state index >= 15 is 0 Å². The van der Waals surface area contributed by atoms with E-state index in [2.05, 4.69) is 39.7 Å². The first-order chi connectivity index (χ1) is 16.1. The zero-order valence-corrected chi connectivity index (χ0v) is 18.7. The van der Waals surface area contributed by atoms with E-state index in [0.29, 0.717) is 21.6 Å². The van der Waals surface area contributed by atoms with E-state index in [9.17, 15) is 9.59 Å². The largest absolute Gasteiger partial charge is 0.302 e. The molecule has 0 atom stereocenters. The lowest BCUT2D eigenvalue weighted by molar-refractivity contribution is -0.115. The third kappa shape index (κ3) is 4.31. The van der Waals surface area contributed by atoms with E-state index in [-0.39, 0.29) is 17.9 Å². The number of hydrogen-bond donors (Lipinski definition) is 1. The molecule has 162 valence electrons. The summed E-state index contributed by atoms with van der Waals surface area (Å²) in [7, 11) is 1.59. The number of thiazole rings is 1. The minimum Gasteiger partial charge on any atom is -0.302 e. The Labute approximate surface area is 194 Å². The number of benzene rings is 3. The molecule has 0 saturated heterocycles. The lowest BCUT2D eigenvalue weighted by atomic mass is 10.0. The van der Waals surface area contributed by atoms with Crippen molar-refractivity contribution in [1.29, 1.82) is 0 Å². The lowest BCUT2D eigenvalue weighted by Gasteiger charge is -2.07. The number of anilines is 1. The van der Waals surface area contributed by atoms with Gasteiger partial charge in [-0.2, -0.15) is 5.10 Å². The lowest BCUT2D eigenvalue weighted by Crippen LogP contribution is -2.24. The molecule has 0 fully saturated rings. The maximum Gasteiger partial charge on any atom is 0.274 e. The molecule has 33 heavy (non-hydrogen) atoms. The second kappa shape index (κ2) is 8.80. The zero-order chi connectivity index (χ0) is 22.8. The summed E-state index contributed by atoms with van der Waals surface area (Å²) < 4.78 is 1.27. The standard InChI is InChI=1S/C26H20N4O2S/c1-30-25(32)21-10-6-5-9-20(21)22(29-30)15-24(31)28-26-27-23(16-33-26)19-13-11-18(12-14-19)17-7-3-2-4-8-17/h2-14,16H,15H2,1H3,(H,27,28,31). The van der Waals surface area contributed by atoms with Crippen LogP contribution in [0.5, 0.6) is 0 Å². The van der Waals surface area contributed by atoms with E-state index in [1.54, 1.807) is 19.2 Å². The van der Waals surface area contributed by atoms with Gasteiger partial charge in [-0.1, -0.05) is 72.8 Å². The predicted octanol–water partition coefficient (Wildman–Crippen LogP) is 4.91. The third-order valence-corrected chi connectivity index (χ3v) is 6.16. The van der Waals surface area contributed by atoms with Crippen LogP contribution in [0.15, 0.2) is 89.0 Å².